The van der Waals surface area contributed by atoms with Gasteiger partial charge in [-0.15, -0.1) is 0 Å². The van der Waals surface area contributed by atoms with E-state index in [0.717, 1.165) is 63.3 Å². The molecule has 0 aromatic carbocycles. The number of ether oxygens (including phenoxy) is 4. The molecule has 0 aromatic heterocycles. The molecule has 0 aromatic rings. The molecule has 7 unspecified atom stereocenters. The van der Waals surface area contributed by atoms with E-state index in [1.54, 1.807) is 0 Å². The van der Waals surface area contributed by atoms with Gasteiger partial charge in [0.15, 0.2) is 0 Å². The Kier molecular flexibility index (Phi) is 4.63. The van der Waals surface area contributed by atoms with Gasteiger partial charge in [-0.25, -0.2) is 0 Å². The number of epoxide rings is 2. The van der Waals surface area contributed by atoms with Crippen molar-refractivity contribution in [2.75, 3.05) is 39.6 Å². The first-order valence-corrected chi connectivity index (χ1v) is 10.9. The molecular weight excluding hydrogens is 328 g/mol. The maximum Gasteiger partial charge on any atom is 0.104 e. The molecule has 3 saturated carbocycles. The molecule has 0 amide bonds. The minimum absolute atomic E-state index is 0.379. The van der Waals surface area contributed by atoms with Gasteiger partial charge in [-0.3, -0.25) is 0 Å². The average Bonchev–Trinajstić information content (AvgIpc) is 3.49. The molecule has 2 aliphatic heterocycles. The van der Waals surface area contributed by atoms with Crippen molar-refractivity contribution in [3.63, 3.8) is 0 Å². The van der Waals surface area contributed by atoms with E-state index in [9.17, 15) is 0 Å². The molecule has 26 heavy (non-hydrogen) atoms. The van der Waals surface area contributed by atoms with E-state index in [1.165, 1.54) is 38.5 Å². The van der Waals surface area contributed by atoms with Crippen molar-refractivity contribution in [3.8, 4) is 0 Å². The van der Waals surface area contributed by atoms with Crippen LogP contribution in [0.25, 0.3) is 0 Å². The summed E-state index contributed by atoms with van der Waals surface area (Å²) in [7, 11) is 0. The maximum absolute atomic E-state index is 6.04. The van der Waals surface area contributed by atoms with Crippen LogP contribution in [0.1, 0.15) is 52.4 Å². The Morgan fingerprint density at radius 2 is 1.38 bits per heavy atom. The Hall–Kier alpha value is -0.160. The predicted molar refractivity (Wildman–Crippen MR) is 99.0 cm³/mol. The van der Waals surface area contributed by atoms with Crippen molar-refractivity contribution in [1.29, 1.82) is 0 Å². The van der Waals surface area contributed by atoms with E-state index in [4.69, 9.17) is 18.9 Å². The number of hydrogen-bond donors (Lipinski definition) is 0. The molecule has 3 aliphatic carbocycles. The van der Waals surface area contributed by atoms with Crippen LogP contribution in [0.2, 0.25) is 0 Å². The summed E-state index contributed by atoms with van der Waals surface area (Å²) in [5.74, 6) is 3.74. The number of rotatable bonds is 8. The summed E-state index contributed by atoms with van der Waals surface area (Å²) in [5, 5.41) is 0. The van der Waals surface area contributed by atoms with Crippen LogP contribution in [0.4, 0.5) is 0 Å². The van der Waals surface area contributed by atoms with E-state index in [-0.39, 0.29) is 0 Å². The van der Waals surface area contributed by atoms with Crippen LogP contribution in [0.3, 0.4) is 0 Å². The van der Waals surface area contributed by atoms with Crippen LogP contribution in [0, 0.1) is 34.5 Å². The van der Waals surface area contributed by atoms with Gasteiger partial charge in [0, 0.05) is 0 Å². The maximum atomic E-state index is 6.04. The summed E-state index contributed by atoms with van der Waals surface area (Å²) in [5.41, 5.74) is 0.764. The molecule has 2 bridgehead atoms. The highest BCUT2D eigenvalue weighted by Crippen LogP contribution is 2.62. The van der Waals surface area contributed by atoms with Crippen molar-refractivity contribution < 1.29 is 18.9 Å². The van der Waals surface area contributed by atoms with Crippen LogP contribution in [0.15, 0.2) is 0 Å². The predicted octanol–water partition coefficient (Wildman–Crippen LogP) is 3.68. The molecule has 5 rings (SSSR count). The highest BCUT2D eigenvalue weighted by Gasteiger charge is 2.54. The smallest absolute Gasteiger partial charge is 0.104 e. The fraction of sp³-hybridized carbons (Fsp3) is 1.00. The monoisotopic (exact) mass is 364 g/mol. The van der Waals surface area contributed by atoms with Crippen LogP contribution in [-0.2, 0) is 18.9 Å². The van der Waals surface area contributed by atoms with Gasteiger partial charge in [0.05, 0.1) is 39.6 Å². The third-order valence-electron chi connectivity index (χ3n) is 8.00. The topological polar surface area (TPSA) is 43.5 Å². The Bertz CT molecular complexity index is 516. The first-order chi connectivity index (χ1) is 12.5. The summed E-state index contributed by atoms with van der Waals surface area (Å²) in [6.45, 7) is 10.2. The van der Waals surface area contributed by atoms with Crippen LogP contribution >= 0.6 is 0 Å². The second-order valence-corrected chi connectivity index (χ2v) is 10.8. The number of fused-ring (bicyclic) bond motifs is 5. The quantitative estimate of drug-likeness (QED) is 0.616. The summed E-state index contributed by atoms with van der Waals surface area (Å²) >= 11 is 0. The lowest BCUT2D eigenvalue weighted by Crippen LogP contribution is -2.36. The van der Waals surface area contributed by atoms with Crippen molar-refractivity contribution in [1.82, 2.24) is 0 Å². The lowest BCUT2D eigenvalue weighted by Gasteiger charge is -2.42. The second-order valence-electron chi connectivity index (χ2n) is 10.8. The fourth-order valence-electron chi connectivity index (χ4n) is 6.66. The molecule has 5 aliphatic rings. The largest absolute Gasteiger partial charge is 0.378 e. The molecule has 2 heterocycles. The van der Waals surface area contributed by atoms with E-state index in [0.29, 0.717) is 23.0 Å². The van der Waals surface area contributed by atoms with Gasteiger partial charge in [-0.1, -0.05) is 13.8 Å². The van der Waals surface area contributed by atoms with Crippen molar-refractivity contribution >= 4 is 0 Å². The third-order valence-corrected chi connectivity index (χ3v) is 8.00. The molecule has 4 heteroatoms. The summed E-state index contributed by atoms with van der Waals surface area (Å²) in [6.07, 6.45) is 9.13. The standard InChI is InChI=1S/C22H36O4/c1-21(13-23-9-17-11-25-17)4-3-19-15-5-16(20(19)8-21)7-22(2,6-15)14-24-10-18-12-26-18/h15-20H,3-14H2,1-2H3/t15-,16?,17?,18?,19?,20?,21?,22?/m1/s1. The minimum atomic E-state index is 0.379. The van der Waals surface area contributed by atoms with Gasteiger partial charge in [-0.2, -0.15) is 0 Å². The highest BCUT2D eigenvalue weighted by molar-refractivity contribution is 5.04. The highest BCUT2D eigenvalue weighted by atomic mass is 16.6. The minimum Gasteiger partial charge on any atom is -0.378 e. The fourth-order valence-corrected chi connectivity index (χ4v) is 6.66. The van der Waals surface area contributed by atoms with Crippen LogP contribution in [0.5, 0.6) is 0 Å². The van der Waals surface area contributed by atoms with E-state index in [2.05, 4.69) is 13.8 Å². The Labute approximate surface area is 158 Å². The summed E-state index contributed by atoms with van der Waals surface area (Å²) in [6, 6.07) is 0. The number of hydrogen-bond acceptors (Lipinski definition) is 4. The van der Waals surface area contributed by atoms with Gasteiger partial charge in [0.1, 0.15) is 12.2 Å². The van der Waals surface area contributed by atoms with Crippen molar-refractivity contribution in [2.45, 2.75) is 64.6 Å². The van der Waals surface area contributed by atoms with Gasteiger partial charge >= 0.3 is 0 Å². The first kappa shape index (κ1) is 17.9. The lowest BCUT2D eigenvalue weighted by molar-refractivity contribution is -0.00857. The van der Waals surface area contributed by atoms with Gasteiger partial charge in [0.2, 0.25) is 0 Å². The molecule has 8 atom stereocenters. The van der Waals surface area contributed by atoms with Gasteiger partial charge in [0.25, 0.3) is 0 Å². The van der Waals surface area contributed by atoms with Crippen molar-refractivity contribution in [3.05, 3.63) is 0 Å². The molecule has 0 radical (unpaired) electrons. The van der Waals surface area contributed by atoms with Gasteiger partial charge < -0.3 is 18.9 Å². The first-order valence-electron chi connectivity index (χ1n) is 10.9. The molecule has 4 nitrogen and oxygen atoms in total. The average molecular weight is 365 g/mol. The lowest BCUT2D eigenvalue weighted by atomic mass is 9.65. The molecule has 0 N–H and O–H groups in total. The SMILES string of the molecule is CC1(COCC2CO2)CCC2C(C1)C1C[C@@H]2CC(C)(COCC2CO2)C1. The zero-order valence-electron chi connectivity index (χ0n) is 16.6. The van der Waals surface area contributed by atoms with Crippen LogP contribution in [-0.4, -0.2) is 51.8 Å². The van der Waals surface area contributed by atoms with E-state index < -0.39 is 0 Å². The molecule has 5 fully saturated rings. The Balaban J connectivity index is 1.17. The molecular formula is C22H36O4. The van der Waals surface area contributed by atoms with E-state index in [1.807, 2.05) is 0 Å². The molecule has 148 valence electrons. The Morgan fingerprint density at radius 1 is 0.808 bits per heavy atom. The van der Waals surface area contributed by atoms with Crippen LogP contribution < -0.4 is 0 Å². The molecule has 2 saturated heterocycles. The third kappa shape index (κ3) is 3.85. The summed E-state index contributed by atoms with van der Waals surface area (Å²) in [4.78, 5) is 0. The molecule has 0 spiro atoms. The van der Waals surface area contributed by atoms with E-state index >= 15 is 0 Å². The normalized spacial score (nSPS) is 51.9. The van der Waals surface area contributed by atoms with Crippen molar-refractivity contribution in [2.24, 2.45) is 34.5 Å². The zero-order valence-corrected chi connectivity index (χ0v) is 16.6. The van der Waals surface area contributed by atoms with Gasteiger partial charge in [-0.05, 0) is 73.0 Å². The Morgan fingerprint density at radius 3 is 2.00 bits per heavy atom. The zero-order chi connectivity index (χ0) is 17.8. The second kappa shape index (κ2) is 6.72. The summed E-state index contributed by atoms with van der Waals surface area (Å²) < 4.78 is 22.6.